The maximum atomic E-state index is 4.94. The van der Waals surface area contributed by atoms with Crippen LogP contribution in [0.5, 0.6) is 0 Å². The Morgan fingerprint density at radius 2 is 1.32 bits per heavy atom. The fourth-order valence-electron chi connectivity index (χ4n) is 5.65. The van der Waals surface area contributed by atoms with Gasteiger partial charge in [0.15, 0.2) is 0 Å². The topological polar surface area (TPSA) is 17.8 Å². The van der Waals surface area contributed by atoms with E-state index in [4.69, 9.17) is 4.98 Å². The predicted molar refractivity (Wildman–Crippen MR) is 151 cm³/mol. The summed E-state index contributed by atoms with van der Waals surface area (Å²) in [5.74, 6) is 1.30. The summed E-state index contributed by atoms with van der Waals surface area (Å²) in [6.45, 7) is 6.98. The molecule has 194 valence electrons. The molecule has 1 aromatic rings. The van der Waals surface area contributed by atoms with E-state index in [1.54, 1.807) is 0 Å². The van der Waals surface area contributed by atoms with Gasteiger partial charge in [0.05, 0.1) is 5.41 Å². The van der Waals surface area contributed by atoms with Crippen molar-refractivity contribution in [3.63, 3.8) is 0 Å². The molecule has 0 radical (unpaired) electrons. The van der Waals surface area contributed by atoms with Gasteiger partial charge in [-0.05, 0) is 26.2 Å². The Morgan fingerprint density at radius 3 is 1.88 bits per heavy atom. The van der Waals surface area contributed by atoms with Crippen LogP contribution in [0.3, 0.4) is 0 Å². The fraction of sp³-hybridized carbons (Fsp3) is 0.781. The van der Waals surface area contributed by atoms with Gasteiger partial charge in [0.2, 0.25) is 0 Å². The smallest absolute Gasteiger partial charge is 0.119 e. The van der Waals surface area contributed by atoms with Crippen molar-refractivity contribution in [1.82, 2.24) is 9.55 Å². The second-order valence-electron chi connectivity index (χ2n) is 11.0. The van der Waals surface area contributed by atoms with Crippen molar-refractivity contribution < 1.29 is 0 Å². The van der Waals surface area contributed by atoms with E-state index in [-0.39, 0.29) is 5.41 Å². The molecule has 0 saturated heterocycles. The van der Waals surface area contributed by atoms with Crippen LogP contribution < -0.4 is 0 Å². The largest absolute Gasteiger partial charge is 0.331 e. The monoisotopic (exact) mass is 468 g/mol. The Kier molecular flexibility index (Phi) is 15.3. The summed E-state index contributed by atoms with van der Waals surface area (Å²) in [7, 11) is 0. The van der Waals surface area contributed by atoms with Gasteiger partial charge in [0.25, 0.3) is 0 Å². The second-order valence-corrected chi connectivity index (χ2v) is 11.0. The van der Waals surface area contributed by atoms with E-state index in [1.807, 2.05) is 6.20 Å². The number of nitrogens with zero attached hydrogens (tertiary/aromatic N) is 2. The van der Waals surface area contributed by atoms with Crippen molar-refractivity contribution in [1.29, 1.82) is 0 Å². The third-order valence-corrected chi connectivity index (χ3v) is 7.94. The molecule has 2 heteroatoms. The normalized spacial score (nSPS) is 18.6. The van der Waals surface area contributed by atoms with Gasteiger partial charge in [-0.2, -0.15) is 0 Å². The molecule has 34 heavy (non-hydrogen) atoms. The van der Waals surface area contributed by atoms with Crippen molar-refractivity contribution in [2.75, 3.05) is 0 Å². The maximum absolute atomic E-state index is 4.94. The Bertz CT molecular complexity index is 670. The molecule has 2 nitrogen and oxygen atoms in total. The molecule has 0 bridgehead atoms. The van der Waals surface area contributed by atoms with Crippen molar-refractivity contribution in [2.45, 2.75) is 161 Å². The molecule has 0 aromatic carbocycles. The van der Waals surface area contributed by atoms with Crippen LogP contribution in [0.4, 0.5) is 0 Å². The number of rotatable bonds is 21. The number of unbranched alkanes of at least 4 members (excludes halogenated alkanes) is 15. The third-order valence-electron chi connectivity index (χ3n) is 7.94. The zero-order valence-corrected chi connectivity index (χ0v) is 23.1. The molecule has 0 fully saturated rings. The summed E-state index contributed by atoms with van der Waals surface area (Å²) in [5.41, 5.74) is 0.0910. The highest BCUT2D eigenvalue weighted by molar-refractivity contribution is 5.29. The molecule has 0 saturated carbocycles. The van der Waals surface area contributed by atoms with Crippen LogP contribution in [-0.2, 0) is 5.41 Å². The average Bonchev–Trinajstić information content (AvgIpc) is 3.36. The van der Waals surface area contributed by atoms with Gasteiger partial charge in [-0.3, -0.25) is 0 Å². The highest BCUT2D eigenvalue weighted by atomic mass is 15.1. The van der Waals surface area contributed by atoms with Crippen LogP contribution in [-0.4, -0.2) is 9.55 Å². The zero-order valence-electron chi connectivity index (χ0n) is 23.1. The van der Waals surface area contributed by atoms with Crippen LogP contribution in [0.1, 0.15) is 161 Å². The first kappa shape index (κ1) is 28.9. The van der Waals surface area contributed by atoms with Gasteiger partial charge in [-0.1, -0.05) is 147 Å². The minimum atomic E-state index is 0.0910. The molecule has 0 aliphatic heterocycles. The first-order valence-electron chi connectivity index (χ1n) is 15.1. The fourth-order valence-corrected chi connectivity index (χ4v) is 5.65. The molecule has 2 rings (SSSR count). The number of allylic oxidation sites excluding steroid dienone is 4. The van der Waals surface area contributed by atoms with Crippen molar-refractivity contribution in [3.8, 4) is 0 Å². The molecule has 1 aliphatic rings. The lowest BCUT2D eigenvalue weighted by molar-refractivity contribution is 0.380. The maximum Gasteiger partial charge on any atom is 0.119 e. The number of imidazole rings is 1. The molecule has 0 N–H and O–H groups in total. The highest BCUT2D eigenvalue weighted by Crippen LogP contribution is 2.38. The Morgan fingerprint density at radius 1 is 0.765 bits per heavy atom. The summed E-state index contributed by atoms with van der Waals surface area (Å²) >= 11 is 0. The van der Waals surface area contributed by atoms with Crippen LogP contribution in [0.2, 0.25) is 0 Å². The van der Waals surface area contributed by atoms with Gasteiger partial charge < -0.3 is 4.57 Å². The Balaban J connectivity index is 1.71. The second kappa shape index (κ2) is 18.0. The van der Waals surface area contributed by atoms with Crippen molar-refractivity contribution in [2.24, 2.45) is 0 Å². The van der Waals surface area contributed by atoms with Crippen LogP contribution in [0.25, 0.3) is 0 Å². The quantitative estimate of drug-likeness (QED) is 0.164. The molecule has 0 amide bonds. The molecule has 0 spiro atoms. The predicted octanol–water partition coefficient (Wildman–Crippen LogP) is 10.6. The molecule has 1 aliphatic carbocycles. The number of hydrogen-bond donors (Lipinski definition) is 0. The van der Waals surface area contributed by atoms with Crippen LogP contribution in [0.15, 0.2) is 36.7 Å². The standard InChI is InChI=1S/C32H56N2/c1-4-6-8-10-11-12-13-14-15-16-17-18-21-25-32(26-22-19-23-27-32)31-33-28-29-34(31)30(3)24-20-9-7-5-2/h19,22-23,26,28-30H,4-18,20-21,24-25,27H2,1-3H3. The van der Waals surface area contributed by atoms with E-state index in [1.165, 1.54) is 128 Å². The third kappa shape index (κ3) is 10.5. The molecule has 1 heterocycles. The first-order chi connectivity index (χ1) is 16.7. The van der Waals surface area contributed by atoms with Gasteiger partial charge in [-0.25, -0.2) is 4.98 Å². The highest BCUT2D eigenvalue weighted by Gasteiger charge is 2.34. The van der Waals surface area contributed by atoms with Crippen molar-refractivity contribution in [3.05, 3.63) is 42.5 Å². The molecule has 2 atom stereocenters. The Hall–Kier alpha value is -1.31. The summed E-state index contributed by atoms with van der Waals surface area (Å²) in [6, 6.07) is 0.539. The molecule has 1 aromatic heterocycles. The van der Waals surface area contributed by atoms with Crippen molar-refractivity contribution >= 4 is 0 Å². The summed E-state index contributed by atoms with van der Waals surface area (Å²) < 4.78 is 2.50. The minimum Gasteiger partial charge on any atom is -0.331 e. The lowest BCUT2D eigenvalue weighted by Gasteiger charge is -2.33. The SMILES string of the molecule is CCCCCCCCCCCCCCCC1(c2nccn2C(C)CCCCCC)C=CC=CC1. The van der Waals surface area contributed by atoms with Crippen LogP contribution in [0, 0.1) is 0 Å². The summed E-state index contributed by atoms with van der Waals surface area (Å²) in [5, 5.41) is 0. The number of aromatic nitrogens is 2. The lowest BCUT2D eigenvalue weighted by Crippen LogP contribution is -2.29. The van der Waals surface area contributed by atoms with E-state index in [0.717, 1.165) is 6.42 Å². The first-order valence-corrected chi connectivity index (χ1v) is 15.1. The van der Waals surface area contributed by atoms with E-state index in [0.29, 0.717) is 6.04 Å². The van der Waals surface area contributed by atoms with Gasteiger partial charge in [0.1, 0.15) is 5.82 Å². The lowest BCUT2D eigenvalue weighted by atomic mass is 9.76. The van der Waals surface area contributed by atoms with E-state index < -0.39 is 0 Å². The van der Waals surface area contributed by atoms with Gasteiger partial charge in [-0.15, -0.1) is 0 Å². The van der Waals surface area contributed by atoms with E-state index in [9.17, 15) is 0 Å². The van der Waals surface area contributed by atoms with Gasteiger partial charge >= 0.3 is 0 Å². The van der Waals surface area contributed by atoms with E-state index in [2.05, 4.69) is 55.8 Å². The molecule has 2 unspecified atom stereocenters. The minimum absolute atomic E-state index is 0.0910. The van der Waals surface area contributed by atoms with Crippen LogP contribution >= 0.6 is 0 Å². The van der Waals surface area contributed by atoms with E-state index >= 15 is 0 Å². The van der Waals surface area contributed by atoms with Gasteiger partial charge in [0, 0.05) is 18.4 Å². The number of hydrogen-bond acceptors (Lipinski definition) is 1. The Labute approximate surface area is 212 Å². The summed E-state index contributed by atoms with van der Waals surface area (Å²) in [4.78, 5) is 4.94. The molecular weight excluding hydrogens is 412 g/mol. The summed E-state index contributed by atoms with van der Waals surface area (Å²) in [6.07, 6.45) is 40.9. The average molecular weight is 469 g/mol. The zero-order chi connectivity index (χ0) is 24.3. The molecular formula is C32H56N2.